The second-order valence-corrected chi connectivity index (χ2v) is 5.77. The monoisotopic (exact) mass is 239 g/mol. The average Bonchev–Trinajstić information content (AvgIpc) is 2.31. The second kappa shape index (κ2) is 6.72. The minimum atomic E-state index is 0.754. The Bertz CT molecular complexity index is 212. The Kier molecular flexibility index (Phi) is 5.26. The smallest absolute Gasteiger partial charge is 0.0120 e. The molecule has 2 saturated heterocycles. The maximum atomic E-state index is 3.67. The first kappa shape index (κ1) is 13.3. The Labute approximate surface area is 107 Å². The van der Waals surface area contributed by atoms with Gasteiger partial charge in [-0.15, -0.1) is 0 Å². The highest BCUT2D eigenvalue weighted by Gasteiger charge is 2.24. The first-order chi connectivity index (χ1) is 8.29. The van der Waals surface area contributed by atoms with E-state index in [9.17, 15) is 0 Å². The topological polar surface area (TPSA) is 18.5 Å². The molecule has 0 aromatic heterocycles. The Balaban J connectivity index is 1.82. The zero-order chi connectivity index (χ0) is 12.1. The van der Waals surface area contributed by atoms with Gasteiger partial charge in [0.05, 0.1) is 0 Å². The molecule has 2 aliphatic heterocycles. The van der Waals surface area contributed by atoms with E-state index in [1.807, 2.05) is 0 Å². The summed E-state index contributed by atoms with van der Waals surface area (Å²) in [6.07, 6.45) is 6.69. The highest BCUT2D eigenvalue weighted by molar-refractivity contribution is 4.81. The Morgan fingerprint density at radius 3 is 2.53 bits per heavy atom. The quantitative estimate of drug-likeness (QED) is 0.789. The molecule has 0 radical (unpaired) electrons. The van der Waals surface area contributed by atoms with Gasteiger partial charge in [-0.2, -0.15) is 0 Å². The van der Waals surface area contributed by atoms with Crippen molar-refractivity contribution in [2.45, 2.75) is 51.1 Å². The molecule has 2 rings (SSSR count). The molecule has 1 N–H and O–H groups in total. The summed E-state index contributed by atoms with van der Waals surface area (Å²) in [5.74, 6) is 0. The number of nitrogens with one attached hydrogen (secondary N) is 1. The molecule has 0 amide bonds. The Morgan fingerprint density at radius 1 is 1.06 bits per heavy atom. The molecule has 3 heteroatoms. The van der Waals surface area contributed by atoms with Crippen LogP contribution in [0.1, 0.15) is 39.0 Å². The lowest BCUT2D eigenvalue weighted by atomic mass is 10.0. The van der Waals surface area contributed by atoms with E-state index in [0.29, 0.717) is 0 Å². The van der Waals surface area contributed by atoms with E-state index in [1.54, 1.807) is 0 Å². The maximum Gasteiger partial charge on any atom is 0.0120 e. The number of piperidine rings is 1. The summed E-state index contributed by atoms with van der Waals surface area (Å²) in [4.78, 5) is 5.24. The fourth-order valence-corrected chi connectivity index (χ4v) is 3.20. The fraction of sp³-hybridized carbons (Fsp3) is 1.00. The minimum Gasteiger partial charge on any atom is -0.314 e. The van der Waals surface area contributed by atoms with Gasteiger partial charge in [0, 0.05) is 12.1 Å². The molecular formula is C14H29N3. The van der Waals surface area contributed by atoms with Gasteiger partial charge in [-0.25, -0.2) is 0 Å². The first-order valence-corrected chi connectivity index (χ1v) is 7.45. The van der Waals surface area contributed by atoms with Gasteiger partial charge in [0.15, 0.2) is 0 Å². The van der Waals surface area contributed by atoms with E-state index in [1.165, 1.54) is 64.8 Å². The summed E-state index contributed by atoms with van der Waals surface area (Å²) in [7, 11) is 2.25. The summed E-state index contributed by atoms with van der Waals surface area (Å²) < 4.78 is 0. The fourth-order valence-electron chi connectivity index (χ4n) is 3.20. The molecule has 100 valence electrons. The summed E-state index contributed by atoms with van der Waals surface area (Å²) in [6, 6.07) is 1.62. The van der Waals surface area contributed by atoms with Crippen LogP contribution >= 0.6 is 0 Å². The SMILES string of the molecule is CCC1CCN(C2CCN(C)CC2)CCCN1. The molecule has 0 aromatic rings. The third-order valence-electron chi connectivity index (χ3n) is 4.52. The molecule has 2 aliphatic rings. The van der Waals surface area contributed by atoms with E-state index in [-0.39, 0.29) is 0 Å². The molecule has 2 fully saturated rings. The van der Waals surface area contributed by atoms with Crippen molar-refractivity contribution >= 4 is 0 Å². The van der Waals surface area contributed by atoms with Crippen LogP contribution in [0.5, 0.6) is 0 Å². The molecule has 1 atom stereocenters. The highest BCUT2D eigenvalue weighted by Crippen LogP contribution is 2.17. The number of likely N-dealkylation sites (tertiary alicyclic amines) is 1. The Morgan fingerprint density at radius 2 is 1.82 bits per heavy atom. The van der Waals surface area contributed by atoms with Crippen LogP contribution < -0.4 is 5.32 Å². The zero-order valence-corrected chi connectivity index (χ0v) is 11.6. The van der Waals surface area contributed by atoms with Gasteiger partial charge < -0.3 is 15.1 Å². The predicted molar refractivity (Wildman–Crippen MR) is 73.4 cm³/mol. The van der Waals surface area contributed by atoms with Gasteiger partial charge in [-0.3, -0.25) is 0 Å². The summed E-state index contributed by atoms with van der Waals surface area (Å²) in [5, 5.41) is 3.67. The summed E-state index contributed by atoms with van der Waals surface area (Å²) in [5.41, 5.74) is 0. The molecular weight excluding hydrogens is 210 g/mol. The first-order valence-electron chi connectivity index (χ1n) is 7.45. The van der Waals surface area contributed by atoms with Crippen LogP contribution in [0.25, 0.3) is 0 Å². The zero-order valence-electron chi connectivity index (χ0n) is 11.6. The van der Waals surface area contributed by atoms with Crippen LogP contribution in [0.3, 0.4) is 0 Å². The Hall–Kier alpha value is -0.120. The van der Waals surface area contributed by atoms with Crippen molar-refractivity contribution in [3.63, 3.8) is 0 Å². The number of nitrogens with zero attached hydrogens (tertiary/aromatic N) is 2. The third-order valence-corrected chi connectivity index (χ3v) is 4.52. The molecule has 0 bridgehead atoms. The lowest BCUT2D eigenvalue weighted by Crippen LogP contribution is -2.47. The van der Waals surface area contributed by atoms with Crippen molar-refractivity contribution in [3.05, 3.63) is 0 Å². The molecule has 0 saturated carbocycles. The molecule has 3 nitrogen and oxygen atoms in total. The average molecular weight is 239 g/mol. The lowest BCUT2D eigenvalue weighted by molar-refractivity contribution is 0.108. The van der Waals surface area contributed by atoms with Gasteiger partial charge >= 0.3 is 0 Å². The van der Waals surface area contributed by atoms with Crippen molar-refractivity contribution in [2.24, 2.45) is 0 Å². The van der Waals surface area contributed by atoms with E-state index >= 15 is 0 Å². The standard InChI is InChI=1S/C14H29N3/c1-3-13-5-12-17(9-4-8-15-13)14-6-10-16(2)11-7-14/h13-15H,3-12H2,1-2H3. The number of rotatable bonds is 2. The van der Waals surface area contributed by atoms with Crippen LogP contribution in [-0.4, -0.2) is 61.7 Å². The van der Waals surface area contributed by atoms with Crippen LogP contribution in [0.15, 0.2) is 0 Å². The molecule has 0 spiro atoms. The van der Waals surface area contributed by atoms with Crippen molar-refractivity contribution in [1.82, 2.24) is 15.1 Å². The van der Waals surface area contributed by atoms with Crippen LogP contribution in [-0.2, 0) is 0 Å². The van der Waals surface area contributed by atoms with Crippen molar-refractivity contribution in [1.29, 1.82) is 0 Å². The van der Waals surface area contributed by atoms with Gasteiger partial charge in [0.1, 0.15) is 0 Å². The van der Waals surface area contributed by atoms with Crippen LogP contribution in [0, 0.1) is 0 Å². The molecule has 1 unspecified atom stereocenters. The van der Waals surface area contributed by atoms with E-state index < -0.39 is 0 Å². The van der Waals surface area contributed by atoms with Crippen molar-refractivity contribution in [2.75, 3.05) is 39.8 Å². The van der Waals surface area contributed by atoms with Gasteiger partial charge in [-0.05, 0) is 71.9 Å². The van der Waals surface area contributed by atoms with E-state index in [2.05, 4.69) is 29.1 Å². The van der Waals surface area contributed by atoms with Crippen LogP contribution in [0.2, 0.25) is 0 Å². The molecule has 2 heterocycles. The maximum absolute atomic E-state index is 3.67. The van der Waals surface area contributed by atoms with Gasteiger partial charge in [0.25, 0.3) is 0 Å². The third kappa shape index (κ3) is 3.94. The lowest BCUT2D eigenvalue weighted by Gasteiger charge is -2.39. The number of hydrogen-bond acceptors (Lipinski definition) is 3. The minimum absolute atomic E-state index is 0.754. The molecule has 0 aromatic carbocycles. The van der Waals surface area contributed by atoms with Crippen LogP contribution in [0.4, 0.5) is 0 Å². The molecule has 17 heavy (non-hydrogen) atoms. The number of hydrogen-bond donors (Lipinski definition) is 1. The van der Waals surface area contributed by atoms with Gasteiger partial charge in [0.2, 0.25) is 0 Å². The van der Waals surface area contributed by atoms with Crippen molar-refractivity contribution in [3.8, 4) is 0 Å². The van der Waals surface area contributed by atoms with E-state index in [4.69, 9.17) is 0 Å². The largest absolute Gasteiger partial charge is 0.314 e. The molecule has 0 aliphatic carbocycles. The second-order valence-electron chi connectivity index (χ2n) is 5.77. The van der Waals surface area contributed by atoms with Crippen molar-refractivity contribution < 1.29 is 0 Å². The highest BCUT2D eigenvalue weighted by atomic mass is 15.2. The van der Waals surface area contributed by atoms with Gasteiger partial charge in [-0.1, -0.05) is 6.92 Å². The van der Waals surface area contributed by atoms with E-state index in [0.717, 1.165) is 12.1 Å². The summed E-state index contributed by atoms with van der Waals surface area (Å²) >= 11 is 0. The predicted octanol–water partition coefficient (Wildman–Crippen LogP) is 1.54. The summed E-state index contributed by atoms with van der Waals surface area (Å²) in [6.45, 7) is 8.70. The normalized spacial score (nSPS) is 31.1.